The Labute approximate surface area is 83.5 Å². The SMILES string of the molecule is O=C(CNCC(F)(F)F)c1cncnc1. The topological polar surface area (TPSA) is 54.9 Å². The van der Waals surface area contributed by atoms with Crippen molar-refractivity contribution in [3.63, 3.8) is 0 Å². The summed E-state index contributed by atoms with van der Waals surface area (Å²) in [6.07, 6.45) is -0.567. The first-order chi connectivity index (χ1) is 6.99. The number of ketones is 1. The summed E-state index contributed by atoms with van der Waals surface area (Å²) in [7, 11) is 0. The second-order valence-electron chi connectivity index (χ2n) is 2.77. The summed E-state index contributed by atoms with van der Waals surface area (Å²) >= 11 is 0. The van der Waals surface area contributed by atoms with E-state index in [0.717, 1.165) is 0 Å². The van der Waals surface area contributed by atoms with Crippen molar-refractivity contribution in [3.05, 3.63) is 24.3 Å². The highest BCUT2D eigenvalue weighted by molar-refractivity contribution is 5.96. The van der Waals surface area contributed by atoms with E-state index < -0.39 is 18.5 Å². The first-order valence-corrected chi connectivity index (χ1v) is 4.05. The van der Waals surface area contributed by atoms with Gasteiger partial charge in [0.25, 0.3) is 0 Å². The Morgan fingerprint density at radius 3 is 2.47 bits per heavy atom. The van der Waals surface area contributed by atoms with E-state index in [2.05, 4.69) is 9.97 Å². The number of alkyl halides is 3. The Morgan fingerprint density at radius 2 is 1.93 bits per heavy atom. The normalized spacial score (nSPS) is 11.4. The van der Waals surface area contributed by atoms with Crippen molar-refractivity contribution in [1.82, 2.24) is 15.3 Å². The molecule has 7 heteroatoms. The Kier molecular flexibility index (Phi) is 3.73. The van der Waals surface area contributed by atoms with Crippen LogP contribution >= 0.6 is 0 Å². The van der Waals surface area contributed by atoms with Gasteiger partial charge in [-0.2, -0.15) is 13.2 Å². The van der Waals surface area contributed by atoms with E-state index in [1.807, 2.05) is 5.32 Å². The highest BCUT2D eigenvalue weighted by atomic mass is 19.4. The number of hydrogen-bond donors (Lipinski definition) is 1. The summed E-state index contributed by atoms with van der Waals surface area (Å²) in [4.78, 5) is 18.4. The molecule has 1 aromatic rings. The first-order valence-electron chi connectivity index (χ1n) is 4.05. The number of nitrogens with zero attached hydrogens (tertiary/aromatic N) is 2. The largest absolute Gasteiger partial charge is 0.401 e. The van der Waals surface area contributed by atoms with E-state index >= 15 is 0 Å². The molecule has 4 nitrogen and oxygen atoms in total. The van der Waals surface area contributed by atoms with Crippen LogP contribution in [-0.4, -0.2) is 35.0 Å². The van der Waals surface area contributed by atoms with Gasteiger partial charge in [-0.3, -0.25) is 4.79 Å². The Balaban J connectivity index is 2.38. The second-order valence-corrected chi connectivity index (χ2v) is 2.77. The molecule has 0 spiro atoms. The molecule has 0 aromatic carbocycles. The predicted octanol–water partition coefficient (Wildman–Crippen LogP) is 0.811. The molecule has 0 aliphatic rings. The molecule has 1 N–H and O–H groups in total. The molecule has 0 saturated carbocycles. The average molecular weight is 219 g/mol. The molecular formula is C8H8F3N3O. The molecule has 1 heterocycles. The number of aromatic nitrogens is 2. The standard InChI is InChI=1S/C8H8F3N3O/c9-8(10,11)4-12-3-7(15)6-1-13-5-14-2-6/h1-2,5,12H,3-4H2. The fourth-order valence-corrected chi connectivity index (χ4v) is 0.863. The van der Waals surface area contributed by atoms with Crippen LogP contribution in [0, 0.1) is 0 Å². The molecule has 0 bridgehead atoms. The Hall–Kier alpha value is -1.50. The van der Waals surface area contributed by atoms with Crippen molar-refractivity contribution < 1.29 is 18.0 Å². The quantitative estimate of drug-likeness (QED) is 0.761. The fourth-order valence-electron chi connectivity index (χ4n) is 0.863. The Morgan fingerprint density at radius 1 is 1.33 bits per heavy atom. The van der Waals surface area contributed by atoms with Crippen LogP contribution in [0.3, 0.4) is 0 Å². The van der Waals surface area contributed by atoms with Gasteiger partial charge >= 0.3 is 6.18 Å². The molecule has 0 atom stereocenters. The van der Waals surface area contributed by atoms with Crippen molar-refractivity contribution in [2.45, 2.75) is 6.18 Å². The number of hydrogen-bond acceptors (Lipinski definition) is 4. The van der Waals surface area contributed by atoms with E-state index in [1.54, 1.807) is 0 Å². The van der Waals surface area contributed by atoms with Gasteiger partial charge in [0.15, 0.2) is 5.78 Å². The maximum absolute atomic E-state index is 11.7. The number of carbonyl (C=O) groups excluding carboxylic acids is 1. The van der Waals surface area contributed by atoms with Gasteiger partial charge in [0.1, 0.15) is 6.33 Å². The third-order valence-electron chi connectivity index (χ3n) is 1.49. The maximum Gasteiger partial charge on any atom is 0.401 e. The lowest BCUT2D eigenvalue weighted by Gasteiger charge is -2.06. The zero-order chi connectivity index (χ0) is 11.3. The summed E-state index contributed by atoms with van der Waals surface area (Å²) < 4.78 is 35.1. The van der Waals surface area contributed by atoms with E-state index in [4.69, 9.17) is 0 Å². The first kappa shape index (κ1) is 11.6. The zero-order valence-corrected chi connectivity index (χ0v) is 7.58. The third-order valence-corrected chi connectivity index (χ3v) is 1.49. The molecule has 82 valence electrons. The van der Waals surface area contributed by atoms with Crippen molar-refractivity contribution in [2.24, 2.45) is 0 Å². The monoisotopic (exact) mass is 219 g/mol. The van der Waals surface area contributed by atoms with Crippen molar-refractivity contribution >= 4 is 5.78 Å². The molecule has 0 aliphatic carbocycles. The molecule has 0 fully saturated rings. The number of Topliss-reactive ketones (excluding diaryl/α,β-unsaturated/α-hetero) is 1. The lowest BCUT2D eigenvalue weighted by molar-refractivity contribution is -0.124. The van der Waals surface area contributed by atoms with Crippen LogP contribution in [0.5, 0.6) is 0 Å². The molecule has 0 unspecified atom stereocenters. The molecule has 0 amide bonds. The minimum Gasteiger partial charge on any atom is -0.302 e. The van der Waals surface area contributed by atoms with Gasteiger partial charge in [-0.1, -0.05) is 0 Å². The molecule has 0 aliphatic heterocycles. The van der Waals surface area contributed by atoms with Crippen LogP contribution in [0.4, 0.5) is 13.2 Å². The summed E-state index contributed by atoms with van der Waals surface area (Å²) in [6, 6.07) is 0. The molecular weight excluding hydrogens is 211 g/mol. The van der Waals surface area contributed by atoms with E-state index in [1.165, 1.54) is 18.7 Å². The predicted molar refractivity (Wildman–Crippen MR) is 45.3 cm³/mol. The van der Waals surface area contributed by atoms with Gasteiger partial charge in [-0.15, -0.1) is 0 Å². The average Bonchev–Trinajstić information content (AvgIpc) is 2.17. The van der Waals surface area contributed by atoms with Gasteiger partial charge in [0.2, 0.25) is 0 Å². The van der Waals surface area contributed by atoms with Crippen molar-refractivity contribution in [2.75, 3.05) is 13.1 Å². The molecule has 1 aromatic heterocycles. The number of halogens is 3. The number of carbonyl (C=O) groups is 1. The highest BCUT2D eigenvalue weighted by Crippen LogP contribution is 2.11. The molecule has 15 heavy (non-hydrogen) atoms. The lowest BCUT2D eigenvalue weighted by atomic mass is 10.2. The van der Waals surface area contributed by atoms with E-state index in [9.17, 15) is 18.0 Å². The fraction of sp³-hybridized carbons (Fsp3) is 0.375. The molecule has 0 radical (unpaired) electrons. The van der Waals surface area contributed by atoms with Crippen LogP contribution < -0.4 is 5.32 Å². The highest BCUT2D eigenvalue weighted by Gasteiger charge is 2.26. The van der Waals surface area contributed by atoms with Crippen molar-refractivity contribution in [3.8, 4) is 0 Å². The number of rotatable bonds is 4. The summed E-state index contributed by atoms with van der Waals surface area (Å²) in [5, 5.41) is 1.99. The van der Waals surface area contributed by atoms with E-state index in [0.29, 0.717) is 0 Å². The van der Waals surface area contributed by atoms with Gasteiger partial charge in [-0.25, -0.2) is 9.97 Å². The summed E-state index contributed by atoms with van der Waals surface area (Å²) in [6.45, 7) is -1.57. The van der Waals surface area contributed by atoms with Gasteiger partial charge < -0.3 is 5.32 Å². The Bertz CT molecular complexity index is 326. The van der Waals surface area contributed by atoms with Gasteiger partial charge in [0.05, 0.1) is 18.7 Å². The zero-order valence-electron chi connectivity index (χ0n) is 7.58. The van der Waals surface area contributed by atoms with Gasteiger partial charge in [-0.05, 0) is 0 Å². The maximum atomic E-state index is 11.7. The number of nitrogens with one attached hydrogen (secondary N) is 1. The minimum atomic E-state index is -4.31. The van der Waals surface area contributed by atoms with Crippen LogP contribution in [0.25, 0.3) is 0 Å². The van der Waals surface area contributed by atoms with Crippen LogP contribution in [0.1, 0.15) is 10.4 Å². The third kappa shape index (κ3) is 4.50. The smallest absolute Gasteiger partial charge is 0.302 e. The van der Waals surface area contributed by atoms with Crippen LogP contribution in [0.2, 0.25) is 0 Å². The summed E-state index contributed by atoms with van der Waals surface area (Å²) in [5.41, 5.74) is 0.187. The van der Waals surface area contributed by atoms with Crippen LogP contribution in [-0.2, 0) is 0 Å². The van der Waals surface area contributed by atoms with Gasteiger partial charge in [0, 0.05) is 12.4 Å². The van der Waals surface area contributed by atoms with E-state index in [-0.39, 0.29) is 12.1 Å². The van der Waals surface area contributed by atoms with Crippen molar-refractivity contribution in [1.29, 1.82) is 0 Å². The molecule has 1 rings (SSSR count). The minimum absolute atomic E-state index is 0.187. The second kappa shape index (κ2) is 4.83. The molecule has 0 saturated heterocycles. The summed E-state index contributed by atoms with van der Waals surface area (Å²) in [5.74, 6) is -0.472. The lowest BCUT2D eigenvalue weighted by Crippen LogP contribution is -2.32. The van der Waals surface area contributed by atoms with Crippen LogP contribution in [0.15, 0.2) is 18.7 Å².